The van der Waals surface area contributed by atoms with Gasteiger partial charge in [-0.1, -0.05) is 0 Å². The lowest BCUT2D eigenvalue weighted by Gasteiger charge is -2.22. The molecule has 8 N–H and O–H groups in total. The third-order valence-electron chi connectivity index (χ3n) is 1.42. The Kier molecular flexibility index (Phi) is 11.1. The molecule has 0 aromatic heterocycles. The molecular weight excluding hydrogens is 208 g/mol. The van der Waals surface area contributed by atoms with Gasteiger partial charge < -0.3 is 30.3 Å². The Labute approximate surface area is 86.9 Å². The molecule has 15 heavy (non-hydrogen) atoms. The van der Waals surface area contributed by atoms with E-state index in [-0.39, 0.29) is 6.29 Å². The summed E-state index contributed by atoms with van der Waals surface area (Å²) in [5.41, 5.74) is 2.25. The van der Waals surface area contributed by atoms with Crippen LogP contribution in [0.1, 0.15) is 0 Å². The van der Waals surface area contributed by atoms with Gasteiger partial charge in [-0.25, -0.2) is 0 Å². The van der Waals surface area contributed by atoms with Crippen molar-refractivity contribution in [2.45, 2.75) is 24.4 Å². The Morgan fingerprint density at radius 2 is 1.67 bits per heavy atom. The number of hydrogen-bond acceptors (Lipinski definition) is 8. The highest BCUT2D eigenvalue weighted by molar-refractivity contribution is 5.56. The lowest BCUT2D eigenvalue weighted by molar-refractivity contribution is -0.136. The summed E-state index contributed by atoms with van der Waals surface area (Å²) in [4.78, 5) is 9.90. The van der Waals surface area contributed by atoms with Crippen LogP contribution >= 0.6 is 0 Å². The number of carbonyl (C=O) groups is 1. The summed E-state index contributed by atoms with van der Waals surface area (Å²) in [7, 11) is 1.65. The summed E-state index contributed by atoms with van der Waals surface area (Å²) >= 11 is 0. The molecule has 4 atom stereocenters. The maximum Gasteiger partial charge on any atom is 0.151 e. The highest BCUT2D eigenvalue weighted by Crippen LogP contribution is 2.02. The molecule has 0 unspecified atom stereocenters. The maximum atomic E-state index is 9.90. The van der Waals surface area contributed by atoms with Crippen molar-refractivity contribution >= 4 is 6.29 Å². The van der Waals surface area contributed by atoms with Gasteiger partial charge in [-0.15, -0.1) is 0 Å². The Morgan fingerprint density at radius 1 is 1.27 bits per heavy atom. The zero-order valence-electron chi connectivity index (χ0n) is 8.32. The molecule has 0 rings (SSSR count). The van der Waals surface area contributed by atoms with E-state index in [1.165, 1.54) is 0 Å². The number of carbonyl (C=O) groups excluding carboxylic acids is 1. The second kappa shape index (κ2) is 9.93. The van der Waals surface area contributed by atoms with Gasteiger partial charge in [0, 0.05) is 0 Å². The lowest BCUT2D eigenvalue weighted by atomic mass is 10.0. The smallest absolute Gasteiger partial charge is 0.151 e. The first-order valence-corrected chi connectivity index (χ1v) is 4.11. The Balaban J connectivity index is 0. The molecule has 0 aromatic carbocycles. The van der Waals surface area contributed by atoms with Crippen molar-refractivity contribution in [1.29, 1.82) is 0 Å². The zero-order valence-corrected chi connectivity index (χ0v) is 8.32. The van der Waals surface area contributed by atoms with E-state index in [0.717, 1.165) is 0 Å². The standard InChI is InChI=1S/C6H12O6.CH6N2/c7-1-3(9)5(11)6(12)4(10)2-8;1-3-2/h1,3-6,8-12H,2H2;3H,2H2,1H3/t3-,4+,5+,6+;/m0./s1. The summed E-state index contributed by atoms with van der Waals surface area (Å²) in [5, 5.41) is 43.5. The van der Waals surface area contributed by atoms with Gasteiger partial charge in [0.05, 0.1) is 6.61 Å². The first-order chi connectivity index (χ1) is 6.95. The highest BCUT2D eigenvalue weighted by atomic mass is 16.4. The molecule has 0 saturated heterocycles. The third kappa shape index (κ3) is 7.33. The van der Waals surface area contributed by atoms with Gasteiger partial charge in [0.2, 0.25) is 0 Å². The number of nitrogens with two attached hydrogens (primary N) is 1. The summed E-state index contributed by atoms with van der Waals surface area (Å²) in [6.45, 7) is -0.760. The summed E-state index contributed by atoms with van der Waals surface area (Å²) in [6.07, 6.45) is -6.84. The number of hydrogen-bond donors (Lipinski definition) is 7. The number of aliphatic hydroxyl groups is 5. The molecule has 0 bridgehead atoms. The van der Waals surface area contributed by atoms with E-state index in [2.05, 4.69) is 11.3 Å². The van der Waals surface area contributed by atoms with E-state index in [0.29, 0.717) is 0 Å². The van der Waals surface area contributed by atoms with Crippen molar-refractivity contribution in [3.8, 4) is 0 Å². The van der Waals surface area contributed by atoms with Crippen LogP contribution in [-0.2, 0) is 4.79 Å². The molecule has 0 aliphatic carbocycles. The largest absolute Gasteiger partial charge is 0.394 e. The average molecular weight is 226 g/mol. The fraction of sp³-hybridized carbons (Fsp3) is 0.857. The molecule has 8 nitrogen and oxygen atoms in total. The molecule has 0 aliphatic rings. The summed E-state index contributed by atoms with van der Waals surface area (Å²) in [5.74, 6) is 4.60. The molecule has 92 valence electrons. The molecule has 0 aliphatic heterocycles. The molecule has 8 heteroatoms. The van der Waals surface area contributed by atoms with Crippen LogP contribution in [0, 0.1) is 0 Å². The number of aldehydes is 1. The fourth-order valence-corrected chi connectivity index (χ4v) is 0.618. The highest BCUT2D eigenvalue weighted by Gasteiger charge is 2.29. The van der Waals surface area contributed by atoms with E-state index in [9.17, 15) is 4.79 Å². The molecule has 0 aromatic rings. The SMILES string of the molecule is CNN.O=C[C@H](O)[C@@H](O)[C@H](O)[C@H](O)CO. The minimum Gasteiger partial charge on any atom is -0.394 e. The maximum absolute atomic E-state index is 9.90. The van der Waals surface area contributed by atoms with Gasteiger partial charge in [-0.2, -0.15) is 0 Å². The van der Waals surface area contributed by atoms with E-state index < -0.39 is 31.0 Å². The number of aliphatic hydroxyl groups excluding tert-OH is 5. The second-order valence-corrected chi connectivity index (χ2v) is 2.65. The van der Waals surface area contributed by atoms with Crippen molar-refractivity contribution < 1.29 is 30.3 Å². The number of nitrogens with one attached hydrogen (secondary N) is 1. The topological polar surface area (TPSA) is 156 Å². The van der Waals surface area contributed by atoms with E-state index in [4.69, 9.17) is 25.5 Å². The molecule has 0 spiro atoms. The lowest BCUT2D eigenvalue weighted by Crippen LogP contribution is -2.46. The van der Waals surface area contributed by atoms with Gasteiger partial charge in [-0.3, -0.25) is 11.3 Å². The van der Waals surface area contributed by atoms with Gasteiger partial charge in [0.25, 0.3) is 0 Å². The van der Waals surface area contributed by atoms with Crippen LogP contribution in [0.5, 0.6) is 0 Å². The van der Waals surface area contributed by atoms with Crippen LogP contribution < -0.4 is 11.3 Å². The van der Waals surface area contributed by atoms with E-state index >= 15 is 0 Å². The Bertz CT molecular complexity index is 158. The van der Waals surface area contributed by atoms with Crippen molar-refractivity contribution in [3.63, 3.8) is 0 Å². The van der Waals surface area contributed by atoms with Gasteiger partial charge in [0.15, 0.2) is 6.29 Å². The van der Waals surface area contributed by atoms with Gasteiger partial charge in [-0.05, 0) is 7.05 Å². The normalized spacial score (nSPS) is 18.1. The van der Waals surface area contributed by atoms with Crippen molar-refractivity contribution in [2.75, 3.05) is 13.7 Å². The fourth-order valence-electron chi connectivity index (χ4n) is 0.618. The second-order valence-electron chi connectivity index (χ2n) is 2.65. The van der Waals surface area contributed by atoms with E-state index in [1.807, 2.05) is 0 Å². The van der Waals surface area contributed by atoms with Crippen LogP contribution in [0.15, 0.2) is 0 Å². The Hall–Kier alpha value is -0.610. The average Bonchev–Trinajstić information content (AvgIpc) is 2.25. The van der Waals surface area contributed by atoms with Crippen LogP contribution in [0.2, 0.25) is 0 Å². The molecular formula is C7H18N2O6. The monoisotopic (exact) mass is 226 g/mol. The molecule has 0 heterocycles. The summed E-state index contributed by atoms with van der Waals surface area (Å²) < 4.78 is 0. The Morgan fingerprint density at radius 3 is 1.93 bits per heavy atom. The van der Waals surface area contributed by atoms with Crippen LogP contribution in [0.3, 0.4) is 0 Å². The third-order valence-corrected chi connectivity index (χ3v) is 1.42. The zero-order chi connectivity index (χ0) is 12.4. The minimum atomic E-state index is -1.79. The first kappa shape index (κ1) is 16.8. The van der Waals surface area contributed by atoms with Crippen LogP contribution in [0.4, 0.5) is 0 Å². The van der Waals surface area contributed by atoms with Crippen molar-refractivity contribution in [1.82, 2.24) is 5.43 Å². The summed E-state index contributed by atoms with van der Waals surface area (Å²) in [6, 6.07) is 0. The van der Waals surface area contributed by atoms with E-state index in [1.54, 1.807) is 7.05 Å². The van der Waals surface area contributed by atoms with Crippen molar-refractivity contribution in [3.05, 3.63) is 0 Å². The molecule has 0 radical (unpaired) electrons. The predicted octanol–water partition coefficient (Wildman–Crippen LogP) is -4.30. The van der Waals surface area contributed by atoms with Crippen LogP contribution in [-0.4, -0.2) is 69.9 Å². The van der Waals surface area contributed by atoms with Gasteiger partial charge >= 0.3 is 0 Å². The predicted molar refractivity (Wildman–Crippen MR) is 50.4 cm³/mol. The quantitative estimate of drug-likeness (QED) is 0.141. The number of rotatable bonds is 5. The molecule has 0 fully saturated rings. The molecule has 0 saturated carbocycles. The number of hydrazine groups is 1. The molecule has 0 amide bonds. The van der Waals surface area contributed by atoms with Crippen LogP contribution in [0.25, 0.3) is 0 Å². The van der Waals surface area contributed by atoms with Gasteiger partial charge in [0.1, 0.15) is 24.4 Å². The first-order valence-electron chi connectivity index (χ1n) is 4.11. The minimum absolute atomic E-state index is 0.0258. The van der Waals surface area contributed by atoms with Crippen molar-refractivity contribution in [2.24, 2.45) is 5.84 Å².